The van der Waals surface area contributed by atoms with Crippen LogP contribution in [0.2, 0.25) is 0 Å². The van der Waals surface area contributed by atoms with Gasteiger partial charge in [0.25, 0.3) is 5.91 Å². The van der Waals surface area contributed by atoms with E-state index in [0.29, 0.717) is 25.1 Å². The summed E-state index contributed by atoms with van der Waals surface area (Å²) in [6, 6.07) is 9.28. The van der Waals surface area contributed by atoms with E-state index in [1.807, 2.05) is 25.1 Å². The number of rotatable bonds is 4. The monoisotopic (exact) mass is 280 g/mol. The minimum Gasteiger partial charge on any atom is -0.338 e. The number of hydrogen-bond donors (Lipinski definition) is 0. The van der Waals surface area contributed by atoms with Gasteiger partial charge in [-0.15, -0.1) is 0 Å². The normalized spacial score (nSPS) is 9.56. The van der Waals surface area contributed by atoms with Crippen LogP contribution < -0.4 is 0 Å². The van der Waals surface area contributed by atoms with Gasteiger partial charge >= 0.3 is 0 Å². The molecule has 0 saturated heterocycles. The van der Waals surface area contributed by atoms with Gasteiger partial charge < -0.3 is 4.90 Å². The lowest BCUT2D eigenvalue weighted by atomic mass is 10.2. The maximum atomic E-state index is 12.0. The third-order valence-electron chi connectivity index (χ3n) is 2.25. The second kappa shape index (κ2) is 6.29. The lowest BCUT2D eigenvalue weighted by molar-refractivity contribution is 0.0768. The number of nitrogens with zero attached hydrogens (tertiary/aromatic N) is 2. The molecule has 0 aromatic heterocycles. The summed E-state index contributed by atoms with van der Waals surface area (Å²) < 4.78 is 0.948. The molecule has 3 nitrogen and oxygen atoms in total. The molecule has 1 rings (SSSR count). The van der Waals surface area contributed by atoms with Crippen LogP contribution in [0.5, 0.6) is 0 Å². The van der Waals surface area contributed by atoms with Crippen LogP contribution in [0, 0.1) is 11.3 Å². The van der Waals surface area contributed by atoms with Crippen LogP contribution in [0.25, 0.3) is 0 Å². The molecule has 0 heterocycles. The Morgan fingerprint density at radius 2 is 2.06 bits per heavy atom. The van der Waals surface area contributed by atoms with Crippen molar-refractivity contribution >= 4 is 21.8 Å². The highest BCUT2D eigenvalue weighted by atomic mass is 79.9. The van der Waals surface area contributed by atoms with Crippen LogP contribution in [0.3, 0.4) is 0 Å². The van der Waals surface area contributed by atoms with Crippen LogP contribution in [0.4, 0.5) is 0 Å². The summed E-state index contributed by atoms with van der Waals surface area (Å²) in [5.41, 5.74) is 0.656. The minimum atomic E-state index is -0.0229. The lowest BCUT2D eigenvalue weighted by Gasteiger charge is -2.19. The fourth-order valence-corrected chi connectivity index (χ4v) is 1.63. The predicted molar refractivity (Wildman–Crippen MR) is 65.9 cm³/mol. The van der Waals surface area contributed by atoms with Gasteiger partial charge in [0.2, 0.25) is 0 Å². The number of nitriles is 1. The zero-order valence-corrected chi connectivity index (χ0v) is 10.7. The topological polar surface area (TPSA) is 44.1 Å². The number of hydrogen-bond acceptors (Lipinski definition) is 2. The maximum absolute atomic E-state index is 12.0. The smallest absolute Gasteiger partial charge is 0.253 e. The average molecular weight is 281 g/mol. The van der Waals surface area contributed by atoms with Crippen molar-refractivity contribution in [2.75, 3.05) is 13.1 Å². The van der Waals surface area contributed by atoms with Gasteiger partial charge in [0, 0.05) is 23.1 Å². The Bertz CT molecular complexity index is 394. The van der Waals surface area contributed by atoms with Crippen molar-refractivity contribution < 1.29 is 4.79 Å². The first-order chi connectivity index (χ1) is 7.69. The van der Waals surface area contributed by atoms with Gasteiger partial charge in [-0.1, -0.05) is 15.9 Å². The van der Waals surface area contributed by atoms with Crippen molar-refractivity contribution in [1.29, 1.82) is 5.26 Å². The summed E-state index contributed by atoms with van der Waals surface area (Å²) in [7, 11) is 0. The van der Waals surface area contributed by atoms with E-state index in [-0.39, 0.29) is 5.91 Å². The molecule has 0 saturated carbocycles. The molecule has 0 radical (unpaired) electrons. The first-order valence-corrected chi connectivity index (χ1v) is 5.90. The summed E-state index contributed by atoms with van der Waals surface area (Å²) in [5, 5.41) is 8.51. The molecular formula is C12H13BrN2O. The van der Waals surface area contributed by atoms with Gasteiger partial charge in [-0.25, -0.2) is 0 Å². The van der Waals surface area contributed by atoms with Gasteiger partial charge in [0.15, 0.2) is 0 Å². The standard InChI is InChI=1S/C12H13BrN2O/c1-2-15(9-3-8-14)12(16)10-4-6-11(13)7-5-10/h4-7H,2-3,9H2,1H3. The van der Waals surface area contributed by atoms with E-state index >= 15 is 0 Å². The van der Waals surface area contributed by atoms with Crippen LogP contribution in [0.1, 0.15) is 23.7 Å². The Labute approximate surface area is 104 Å². The van der Waals surface area contributed by atoms with Crippen molar-refractivity contribution in [3.63, 3.8) is 0 Å². The quantitative estimate of drug-likeness (QED) is 0.851. The zero-order valence-electron chi connectivity index (χ0n) is 9.11. The molecular weight excluding hydrogens is 268 g/mol. The van der Waals surface area contributed by atoms with Crippen molar-refractivity contribution in [2.45, 2.75) is 13.3 Å². The molecule has 0 aliphatic heterocycles. The fourth-order valence-electron chi connectivity index (χ4n) is 1.36. The van der Waals surface area contributed by atoms with Crippen molar-refractivity contribution in [1.82, 2.24) is 4.90 Å². The van der Waals surface area contributed by atoms with Gasteiger partial charge in [-0.05, 0) is 31.2 Å². The van der Waals surface area contributed by atoms with Crippen LogP contribution in [-0.4, -0.2) is 23.9 Å². The van der Waals surface area contributed by atoms with Crippen molar-refractivity contribution in [2.24, 2.45) is 0 Å². The Morgan fingerprint density at radius 3 is 2.56 bits per heavy atom. The van der Waals surface area contributed by atoms with E-state index in [2.05, 4.69) is 15.9 Å². The number of amides is 1. The molecule has 0 aliphatic rings. The Kier molecular flexibility index (Phi) is 5.00. The number of carbonyl (C=O) groups is 1. The van der Waals surface area contributed by atoms with Crippen LogP contribution >= 0.6 is 15.9 Å². The Hall–Kier alpha value is -1.34. The molecule has 0 aliphatic carbocycles. The number of benzene rings is 1. The third kappa shape index (κ3) is 3.35. The second-order valence-corrected chi connectivity index (χ2v) is 4.22. The zero-order chi connectivity index (χ0) is 12.0. The predicted octanol–water partition coefficient (Wildman–Crippen LogP) is 2.82. The van der Waals surface area contributed by atoms with E-state index in [4.69, 9.17) is 5.26 Å². The van der Waals surface area contributed by atoms with Crippen LogP contribution in [0.15, 0.2) is 28.7 Å². The summed E-state index contributed by atoms with van der Waals surface area (Å²) in [4.78, 5) is 13.7. The van der Waals surface area contributed by atoms with Gasteiger partial charge in [-0.3, -0.25) is 4.79 Å². The van der Waals surface area contributed by atoms with Gasteiger partial charge in [0.05, 0.1) is 12.5 Å². The lowest BCUT2D eigenvalue weighted by Crippen LogP contribution is -2.31. The van der Waals surface area contributed by atoms with E-state index in [9.17, 15) is 4.79 Å². The minimum absolute atomic E-state index is 0.0229. The number of halogens is 1. The summed E-state index contributed by atoms with van der Waals surface area (Å²) in [5.74, 6) is -0.0229. The summed E-state index contributed by atoms with van der Waals surface area (Å²) in [6.45, 7) is 3.02. The SMILES string of the molecule is CCN(CCC#N)C(=O)c1ccc(Br)cc1. The molecule has 0 bridgehead atoms. The van der Waals surface area contributed by atoms with Crippen LogP contribution in [-0.2, 0) is 0 Å². The Balaban J connectivity index is 2.75. The highest BCUT2D eigenvalue weighted by molar-refractivity contribution is 9.10. The van der Waals surface area contributed by atoms with Crippen molar-refractivity contribution in [3.8, 4) is 6.07 Å². The Morgan fingerprint density at radius 1 is 1.44 bits per heavy atom. The molecule has 1 aromatic carbocycles. The molecule has 4 heteroatoms. The molecule has 0 N–H and O–H groups in total. The number of carbonyl (C=O) groups excluding carboxylic acids is 1. The van der Waals surface area contributed by atoms with Gasteiger partial charge in [0.1, 0.15) is 0 Å². The molecule has 1 amide bonds. The molecule has 84 valence electrons. The first-order valence-electron chi connectivity index (χ1n) is 5.10. The third-order valence-corrected chi connectivity index (χ3v) is 2.78. The van der Waals surface area contributed by atoms with Gasteiger partial charge in [-0.2, -0.15) is 5.26 Å². The second-order valence-electron chi connectivity index (χ2n) is 3.30. The first kappa shape index (κ1) is 12.7. The fraction of sp³-hybridized carbons (Fsp3) is 0.333. The largest absolute Gasteiger partial charge is 0.338 e. The summed E-state index contributed by atoms with van der Waals surface area (Å²) >= 11 is 3.32. The molecule has 0 unspecified atom stereocenters. The highest BCUT2D eigenvalue weighted by Gasteiger charge is 2.12. The molecule has 0 fully saturated rings. The maximum Gasteiger partial charge on any atom is 0.253 e. The van der Waals surface area contributed by atoms with E-state index < -0.39 is 0 Å². The van der Waals surface area contributed by atoms with E-state index in [1.165, 1.54) is 0 Å². The molecule has 1 aromatic rings. The van der Waals surface area contributed by atoms with Crippen molar-refractivity contribution in [3.05, 3.63) is 34.3 Å². The molecule has 0 atom stereocenters. The summed E-state index contributed by atoms with van der Waals surface area (Å²) in [6.07, 6.45) is 0.371. The highest BCUT2D eigenvalue weighted by Crippen LogP contribution is 2.12. The molecule has 16 heavy (non-hydrogen) atoms. The van der Waals surface area contributed by atoms with E-state index in [0.717, 1.165) is 4.47 Å². The average Bonchev–Trinajstić information content (AvgIpc) is 2.30. The molecule has 0 spiro atoms. The van der Waals surface area contributed by atoms with E-state index in [1.54, 1.807) is 17.0 Å².